The van der Waals surface area contributed by atoms with Crippen LogP contribution in [0.4, 0.5) is 19.1 Å². The van der Waals surface area contributed by atoms with Crippen LogP contribution in [0.15, 0.2) is 47.7 Å². The van der Waals surface area contributed by atoms with E-state index < -0.39 is 11.9 Å². The Morgan fingerprint density at radius 3 is 2.63 bits per heavy atom. The molecule has 11 heteroatoms. The van der Waals surface area contributed by atoms with Gasteiger partial charge in [0.05, 0.1) is 0 Å². The summed E-state index contributed by atoms with van der Waals surface area (Å²) in [5, 5.41) is 10.3. The van der Waals surface area contributed by atoms with Crippen LogP contribution < -0.4 is 16.0 Å². The van der Waals surface area contributed by atoms with E-state index in [9.17, 15) is 13.2 Å². The highest BCUT2D eigenvalue weighted by atomic mass is 127. The molecule has 0 saturated carbocycles. The third kappa shape index (κ3) is 6.47. The number of guanidine groups is 1. The van der Waals surface area contributed by atoms with Crippen molar-refractivity contribution in [2.45, 2.75) is 12.6 Å². The first-order valence-electron chi connectivity index (χ1n) is 9.11. The van der Waals surface area contributed by atoms with Crippen molar-refractivity contribution in [3.63, 3.8) is 0 Å². The van der Waals surface area contributed by atoms with Gasteiger partial charge in [-0.2, -0.15) is 13.2 Å². The predicted molar refractivity (Wildman–Crippen MR) is 122 cm³/mol. The van der Waals surface area contributed by atoms with Gasteiger partial charge in [-0.3, -0.25) is 4.99 Å². The second kappa shape index (κ2) is 11.0. The van der Waals surface area contributed by atoms with Crippen LogP contribution in [0.2, 0.25) is 0 Å². The maximum Gasteiger partial charge on any atom is 0.433 e. The van der Waals surface area contributed by atoms with Crippen molar-refractivity contribution in [1.29, 1.82) is 0 Å². The van der Waals surface area contributed by atoms with Gasteiger partial charge in [-0.1, -0.05) is 18.2 Å². The van der Waals surface area contributed by atoms with Gasteiger partial charge in [0.1, 0.15) is 5.69 Å². The van der Waals surface area contributed by atoms with Crippen molar-refractivity contribution < 1.29 is 13.2 Å². The number of hydrogen-bond donors (Lipinski definition) is 4. The minimum absolute atomic E-state index is 0. The number of nitrogens with zero attached hydrogens (tertiary/aromatic N) is 3. The number of anilines is 1. The molecule has 0 radical (unpaired) electrons. The third-order valence-electron chi connectivity index (χ3n) is 4.23. The van der Waals surface area contributed by atoms with E-state index in [1.807, 2.05) is 24.4 Å². The molecular formula is C19H23F3IN7. The van der Waals surface area contributed by atoms with Crippen molar-refractivity contribution in [2.24, 2.45) is 4.99 Å². The van der Waals surface area contributed by atoms with Crippen LogP contribution in [0.5, 0.6) is 0 Å². The van der Waals surface area contributed by atoms with Gasteiger partial charge in [0.25, 0.3) is 0 Å². The average molecular weight is 533 g/mol. The molecule has 7 nitrogen and oxygen atoms in total. The van der Waals surface area contributed by atoms with Crippen LogP contribution in [0.3, 0.4) is 0 Å². The highest BCUT2D eigenvalue weighted by Gasteiger charge is 2.32. The quantitative estimate of drug-likeness (QED) is 0.162. The van der Waals surface area contributed by atoms with Gasteiger partial charge >= 0.3 is 6.18 Å². The van der Waals surface area contributed by atoms with E-state index in [2.05, 4.69) is 42.0 Å². The van der Waals surface area contributed by atoms with Gasteiger partial charge in [-0.05, 0) is 24.1 Å². The first-order chi connectivity index (χ1) is 14.0. The molecule has 0 saturated heterocycles. The summed E-state index contributed by atoms with van der Waals surface area (Å²) in [5.41, 5.74) is 1.34. The Hall–Kier alpha value is -2.57. The monoisotopic (exact) mass is 533 g/mol. The largest absolute Gasteiger partial charge is 0.433 e. The predicted octanol–water partition coefficient (Wildman–Crippen LogP) is 3.41. The fourth-order valence-corrected chi connectivity index (χ4v) is 2.83. The average Bonchev–Trinajstić information content (AvgIpc) is 3.12. The number of benzene rings is 1. The molecule has 0 atom stereocenters. The summed E-state index contributed by atoms with van der Waals surface area (Å²) >= 11 is 0. The van der Waals surface area contributed by atoms with Gasteiger partial charge < -0.3 is 20.9 Å². The van der Waals surface area contributed by atoms with Crippen molar-refractivity contribution >= 4 is 46.8 Å². The van der Waals surface area contributed by atoms with Gasteiger partial charge in [0, 0.05) is 50.0 Å². The van der Waals surface area contributed by atoms with Crippen LogP contribution >= 0.6 is 24.0 Å². The second-order valence-corrected chi connectivity index (χ2v) is 6.23. The van der Waals surface area contributed by atoms with Gasteiger partial charge in [0.2, 0.25) is 5.95 Å². The molecule has 0 aliphatic rings. The molecule has 1 aromatic carbocycles. The lowest BCUT2D eigenvalue weighted by Gasteiger charge is -2.12. The number of nitrogens with one attached hydrogen (secondary N) is 4. The van der Waals surface area contributed by atoms with Crippen LogP contribution in [0, 0.1) is 0 Å². The molecule has 0 fully saturated rings. The number of halogens is 4. The summed E-state index contributed by atoms with van der Waals surface area (Å²) in [6.07, 6.45) is -0.590. The maximum atomic E-state index is 12.7. The first-order valence-corrected chi connectivity index (χ1v) is 9.11. The molecule has 30 heavy (non-hydrogen) atoms. The molecule has 162 valence electrons. The third-order valence-corrected chi connectivity index (χ3v) is 4.23. The van der Waals surface area contributed by atoms with E-state index in [4.69, 9.17) is 0 Å². The van der Waals surface area contributed by atoms with Gasteiger partial charge in [-0.15, -0.1) is 24.0 Å². The van der Waals surface area contributed by atoms with E-state index in [1.54, 1.807) is 7.05 Å². The van der Waals surface area contributed by atoms with E-state index >= 15 is 0 Å². The smallest absolute Gasteiger partial charge is 0.361 e. The van der Waals surface area contributed by atoms with Crippen molar-refractivity contribution in [3.8, 4) is 0 Å². The van der Waals surface area contributed by atoms with Crippen molar-refractivity contribution in [2.75, 3.05) is 32.0 Å². The topological polar surface area (TPSA) is 90.0 Å². The Bertz CT molecular complexity index is 972. The normalized spacial score (nSPS) is 11.8. The summed E-state index contributed by atoms with van der Waals surface area (Å²) in [6.45, 7) is 1.46. The Kier molecular flexibility index (Phi) is 8.69. The molecule has 2 heterocycles. The van der Waals surface area contributed by atoms with E-state index in [1.165, 1.54) is 10.9 Å². The zero-order chi connectivity index (χ0) is 20.7. The summed E-state index contributed by atoms with van der Waals surface area (Å²) in [7, 11) is 1.66. The number of aromatic nitrogens is 3. The highest BCUT2D eigenvalue weighted by molar-refractivity contribution is 14.0. The molecule has 0 spiro atoms. The number of aromatic amines is 1. The number of hydrogen-bond acceptors (Lipinski definition) is 4. The Balaban J connectivity index is 0.00000320. The highest BCUT2D eigenvalue weighted by Crippen LogP contribution is 2.27. The number of alkyl halides is 3. The maximum absolute atomic E-state index is 12.7. The van der Waals surface area contributed by atoms with Crippen LogP contribution in [0.1, 0.15) is 11.3 Å². The number of aliphatic imine (C=N–C) groups is 1. The zero-order valence-electron chi connectivity index (χ0n) is 16.3. The lowest BCUT2D eigenvalue weighted by molar-refractivity contribution is -0.141. The minimum Gasteiger partial charge on any atom is -0.361 e. The summed E-state index contributed by atoms with van der Waals surface area (Å²) in [4.78, 5) is 14.6. The van der Waals surface area contributed by atoms with Crippen LogP contribution in [-0.2, 0) is 12.6 Å². The second-order valence-electron chi connectivity index (χ2n) is 6.23. The van der Waals surface area contributed by atoms with E-state index in [-0.39, 0.29) is 29.9 Å². The minimum atomic E-state index is -4.49. The molecular weight excluding hydrogens is 510 g/mol. The van der Waals surface area contributed by atoms with Crippen LogP contribution in [-0.4, -0.2) is 47.6 Å². The lowest BCUT2D eigenvalue weighted by Crippen LogP contribution is -2.40. The molecule has 2 aromatic heterocycles. The number of fused-ring (bicyclic) bond motifs is 1. The molecule has 0 amide bonds. The first kappa shape index (κ1) is 23.7. The van der Waals surface area contributed by atoms with Crippen LogP contribution in [0.25, 0.3) is 10.9 Å². The van der Waals surface area contributed by atoms with E-state index in [0.717, 1.165) is 24.2 Å². The molecule has 4 N–H and O–H groups in total. The standard InChI is InChI=1S/C19H22F3N7.HI/c1-23-17(24-8-6-13-12-28-15-5-3-2-4-14(13)15)26-10-11-27-18-25-9-7-16(29-18)19(20,21)22;/h2-5,7,9,12,28H,6,8,10-11H2,1H3,(H2,23,24,26)(H,25,27,29);1H. The van der Waals surface area contributed by atoms with Gasteiger partial charge in [0.15, 0.2) is 5.96 Å². The SMILES string of the molecule is CN=C(NCCNc1nccc(C(F)(F)F)n1)NCCc1c[nH]c2ccccc12.I. The summed E-state index contributed by atoms with van der Waals surface area (Å²) in [6, 6.07) is 8.95. The number of para-hydroxylation sites is 1. The number of H-pyrrole nitrogens is 1. The number of rotatable bonds is 7. The lowest BCUT2D eigenvalue weighted by atomic mass is 10.1. The Morgan fingerprint density at radius 2 is 1.87 bits per heavy atom. The zero-order valence-corrected chi connectivity index (χ0v) is 18.6. The molecule has 0 aliphatic heterocycles. The Morgan fingerprint density at radius 1 is 1.10 bits per heavy atom. The molecule has 3 rings (SSSR count). The fraction of sp³-hybridized carbons (Fsp3) is 0.316. The molecule has 3 aromatic rings. The molecule has 0 bridgehead atoms. The van der Waals surface area contributed by atoms with E-state index in [0.29, 0.717) is 25.6 Å². The molecule has 0 unspecified atom stereocenters. The van der Waals surface area contributed by atoms with Crippen molar-refractivity contribution in [1.82, 2.24) is 25.6 Å². The van der Waals surface area contributed by atoms with Crippen molar-refractivity contribution in [3.05, 3.63) is 54.0 Å². The molecule has 0 aliphatic carbocycles. The van der Waals surface area contributed by atoms with Gasteiger partial charge in [-0.25, -0.2) is 9.97 Å². The summed E-state index contributed by atoms with van der Waals surface area (Å²) < 4.78 is 38.0. The fourth-order valence-electron chi connectivity index (χ4n) is 2.83. The summed E-state index contributed by atoms with van der Waals surface area (Å²) in [5.74, 6) is 0.542. The Labute approximate surface area is 189 Å².